The van der Waals surface area contributed by atoms with Gasteiger partial charge in [0.15, 0.2) is 0 Å². The number of anilines is 2. The Morgan fingerprint density at radius 2 is 1.78 bits per heavy atom. The van der Waals surface area contributed by atoms with E-state index in [0.29, 0.717) is 49.0 Å². The van der Waals surface area contributed by atoms with E-state index in [1.165, 1.54) is 13.4 Å². The van der Waals surface area contributed by atoms with Crippen molar-refractivity contribution in [2.75, 3.05) is 38.7 Å². The summed E-state index contributed by atoms with van der Waals surface area (Å²) in [6, 6.07) is 18.4. The molecule has 0 saturated carbocycles. The van der Waals surface area contributed by atoms with Crippen LogP contribution in [0.25, 0.3) is 22.0 Å². The van der Waals surface area contributed by atoms with Crippen molar-refractivity contribution in [1.82, 2.24) is 14.9 Å². The van der Waals surface area contributed by atoms with Crippen LogP contribution in [-0.4, -0.2) is 60.1 Å². The van der Waals surface area contributed by atoms with Crippen molar-refractivity contribution in [2.24, 2.45) is 5.73 Å². The van der Waals surface area contributed by atoms with E-state index in [0.717, 1.165) is 27.7 Å². The van der Waals surface area contributed by atoms with Gasteiger partial charge in [0.05, 0.1) is 31.4 Å². The number of nitrogens with one attached hydrogen (secondary N) is 1. The summed E-state index contributed by atoms with van der Waals surface area (Å²) in [4.78, 5) is 35.4. The molecule has 0 spiro atoms. The van der Waals surface area contributed by atoms with Crippen LogP contribution in [0, 0.1) is 0 Å². The van der Waals surface area contributed by atoms with Gasteiger partial charge < -0.3 is 25.4 Å². The molecular weight excluding hydrogens is 458 g/mol. The number of amides is 2. The van der Waals surface area contributed by atoms with E-state index in [-0.39, 0.29) is 5.91 Å². The third-order valence-corrected chi connectivity index (χ3v) is 6.10. The standard InChI is InChI=1S/C27H25N5O4/c1-35-24-8-6-18(15-22(24)25(28)33)17-5-7-23-21(14-17)26(30-16-29-23)31-20-4-2-3-19(13-20)27(34)32-9-11-36-12-10-32/h2-8,13-16H,9-12H2,1H3,(H2,28,33)(H,29,30,31). The van der Waals surface area contributed by atoms with Gasteiger partial charge in [0, 0.05) is 29.7 Å². The van der Waals surface area contributed by atoms with E-state index in [4.69, 9.17) is 15.2 Å². The first kappa shape index (κ1) is 23.3. The summed E-state index contributed by atoms with van der Waals surface area (Å²) >= 11 is 0. The molecule has 3 N–H and O–H groups in total. The number of primary amides is 1. The molecule has 4 aromatic rings. The second-order valence-corrected chi connectivity index (χ2v) is 8.34. The van der Waals surface area contributed by atoms with E-state index in [1.54, 1.807) is 23.1 Å². The molecule has 2 heterocycles. The van der Waals surface area contributed by atoms with Crippen molar-refractivity contribution >= 4 is 34.2 Å². The molecule has 2 amide bonds. The number of aromatic nitrogens is 2. The first-order valence-electron chi connectivity index (χ1n) is 11.5. The Bertz CT molecular complexity index is 1450. The molecule has 1 saturated heterocycles. The minimum atomic E-state index is -0.563. The molecular formula is C27H25N5O4. The highest BCUT2D eigenvalue weighted by atomic mass is 16.5. The summed E-state index contributed by atoms with van der Waals surface area (Å²) in [5, 5.41) is 4.12. The largest absolute Gasteiger partial charge is 0.496 e. The zero-order chi connectivity index (χ0) is 25.1. The summed E-state index contributed by atoms with van der Waals surface area (Å²) in [5.74, 6) is 0.430. The number of carbonyl (C=O) groups excluding carboxylic acids is 2. The van der Waals surface area contributed by atoms with Crippen LogP contribution in [0.2, 0.25) is 0 Å². The van der Waals surface area contributed by atoms with Gasteiger partial charge in [-0.1, -0.05) is 18.2 Å². The minimum absolute atomic E-state index is 0.0263. The fourth-order valence-corrected chi connectivity index (χ4v) is 4.23. The smallest absolute Gasteiger partial charge is 0.254 e. The van der Waals surface area contributed by atoms with Crippen LogP contribution >= 0.6 is 0 Å². The highest BCUT2D eigenvalue weighted by molar-refractivity contribution is 5.99. The van der Waals surface area contributed by atoms with Crippen LogP contribution in [-0.2, 0) is 4.74 Å². The second-order valence-electron chi connectivity index (χ2n) is 8.34. The highest BCUT2D eigenvalue weighted by Crippen LogP contribution is 2.31. The number of nitrogens with zero attached hydrogens (tertiary/aromatic N) is 3. The number of hydrogen-bond donors (Lipinski definition) is 2. The first-order chi connectivity index (χ1) is 17.5. The summed E-state index contributed by atoms with van der Waals surface area (Å²) in [6.45, 7) is 2.26. The van der Waals surface area contributed by atoms with Gasteiger partial charge in [0.25, 0.3) is 11.8 Å². The molecule has 182 valence electrons. The third kappa shape index (κ3) is 4.69. The molecule has 0 radical (unpaired) electrons. The molecule has 0 unspecified atom stereocenters. The van der Waals surface area contributed by atoms with E-state index >= 15 is 0 Å². The fourth-order valence-electron chi connectivity index (χ4n) is 4.23. The third-order valence-electron chi connectivity index (χ3n) is 6.10. The average molecular weight is 484 g/mol. The lowest BCUT2D eigenvalue weighted by atomic mass is 10.0. The summed E-state index contributed by atoms with van der Waals surface area (Å²) in [5.41, 5.74) is 9.59. The van der Waals surface area contributed by atoms with Crippen molar-refractivity contribution < 1.29 is 19.1 Å². The molecule has 9 nitrogen and oxygen atoms in total. The van der Waals surface area contributed by atoms with E-state index < -0.39 is 5.91 Å². The number of rotatable bonds is 6. The molecule has 1 fully saturated rings. The summed E-state index contributed by atoms with van der Waals surface area (Å²) < 4.78 is 10.6. The van der Waals surface area contributed by atoms with Crippen molar-refractivity contribution in [3.05, 3.63) is 78.1 Å². The lowest BCUT2D eigenvalue weighted by Gasteiger charge is -2.27. The number of hydrogen-bond acceptors (Lipinski definition) is 7. The zero-order valence-electron chi connectivity index (χ0n) is 19.7. The monoisotopic (exact) mass is 483 g/mol. The number of ether oxygens (including phenoxy) is 2. The predicted octanol–water partition coefficient (Wildman–Crippen LogP) is 3.62. The van der Waals surface area contributed by atoms with Gasteiger partial charge in [-0.25, -0.2) is 9.97 Å². The van der Waals surface area contributed by atoms with E-state index in [2.05, 4.69) is 15.3 Å². The predicted molar refractivity (Wildman–Crippen MR) is 136 cm³/mol. The molecule has 5 rings (SSSR count). The number of methoxy groups -OCH3 is 1. The molecule has 1 aromatic heterocycles. The molecule has 1 aliphatic heterocycles. The maximum absolute atomic E-state index is 12.9. The maximum atomic E-state index is 12.9. The Morgan fingerprint density at radius 3 is 2.56 bits per heavy atom. The summed E-state index contributed by atoms with van der Waals surface area (Å²) in [6.07, 6.45) is 1.49. The maximum Gasteiger partial charge on any atom is 0.254 e. The molecule has 36 heavy (non-hydrogen) atoms. The molecule has 9 heteroatoms. The Hall–Kier alpha value is -4.50. The number of morpholine rings is 1. The quantitative estimate of drug-likeness (QED) is 0.430. The van der Waals surface area contributed by atoms with Gasteiger partial charge in [-0.15, -0.1) is 0 Å². The molecule has 3 aromatic carbocycles. The van der Waals surface area contributed by atoms with Gasteiger partial charge in [-0.3, -0.25) is 9.59 Å². The van der Waals surface area contributed by atoms with Gasteiger partial charge in [-0.2, -0.15) is 0 Å². The minimum Gasteiger partial charge on any atom is -0.496 e. The Kier molecular flexibility index (Phi) is 6.46. The lowest BCUT2D eigenvalue weighted by Crippen LogP contribution is -2.40. The van der Waals surface area contributed by atoms with Gasteiger partial charge >= 0.3 is 0 Å². The zero-order valence-corrected chi connectivity index (χ0v) is 19.7. The first-order valence-corrected chi connectivity index (χ1v) is 11.5. The van der Waals surface area contributed by atoms with E-state index in [9.17, 15) is 9.59 Å². The van der Waals surface area contributed by atoms with Crippen molar-refractivity contribution in [1.29, 1.82) is 0 Å². The number of carbonyl (C=O) groups is 2. The lowest BCUT2D eigenvalue weighted by molar-refractivity contribution is 0.0303. The number of fused-ring (bicyclic) bond motifs is 1. The molecule has 0 atom stereocenters. The SMILES string of the molecule is COc1ccc(-c2ccc3ncnc(Nc4cccc(C(=O)N5CCOCC5)c4)c3c2)cc1C(N)=O. The summed E-state index contributed by atoms with van der Waals surface area (Å²) in [7, 11) is 1.50. The molecule has 0 bridgehead atoms. The van der Waals surface area contributed by atoms with Gasteiger partial charge in [0.1, 0.15) is 17.9 Å². The van der Waals surface area contributed by atoms with Crippen LogP contribution < -0.4 is 15.8 Å². The Labute approximate surface area is 207 Å². The van der Waals surface area contributed by atoms with Crippen LogP contribution in [0.4, 0.5) is 11.5 Å². The van der Waals surface area contributed by atoms with Crippen LogP contribution in [0.5, 0.6) is 5.75 Å². The Morgan fingerprint density at radius 1 is 1.00 bits per heavy atom. The fraction of sp³-hybridized carbons (Fsp3) is 0.185. The van der Waals surface area contributed by atoms with Gasteiger partial charge in [0.2, 0.25) is 0 Å². The topological polar surface area (TPSA) is 120 Å². The van der Waals surface area contributed by atoms with E-state index in [1.807, 2.05) is 42.5 Å². The average Bonchev–Trinajstić information content (AvgIpc) is 2.93. The van der Waals surface area contributed by atoms with Crippen molar-refractivity contribution in [2.45, 2.75) is 0 Å². The van der Waals surface area contributed by atoms with Crippen molar-refractivity contribution in [3.8, 4) is 16.9 Å². The van der Waals surface area contributed by atoms with Crippen LogP contribution in [0.3, 0.4) is 0 Å². The van der Waals surface area contributed by atoms with Crippen LogP contribution in [0.15, 0.2) is 67.0 Å². The normalized spacial score (nSPS) is 13.4. The number of nitrogens with two attached hydrogens (primary N) is 1. The molecule has 0 aliphatic carbocycles. The highest BCUT2D eigenvalue weighted by Gasteiger charge is 2.19. The molecule has 1 aliphatic rings. The van der Waals surface area contributed by atoms with Gasteiger partial charge in [-0.05, 0) is 53.6 Å². The second kappa shape index (κ2) is 10.0. The Balaban J connectivity index is 1.47. The van der Waals surface area contributed by atoms with Crippen LogP contribution in [0.1, 0.15) is 20.7 Å². The number of benzene rings is 3. The van der Waals surface area contributed by atoms with Crippen molar-refractivity contribution in [3.63, 3.8) is 0 Å².